The number of phenols is 1. The zero-order valence-electron chi connectivity index (χ0n) is 10.1. The van der Waals surface area contributed by atoms with Crippen molar-refractivity contribution in [1.29, 1.82) is 0 Å². The van der Waals surface area contributed by atoms with Gasteiger partial charge in [-0.3, -0.25) is 0 Å². The van der Waals surface area contributed by atoms with Gasteiger partial charge < -0.3 is 15.7 Å². The van der Waals surface area contributed by atoms with Gasteiger partial charge in [-0.2, -0.15) is 11.8 Å². The molecule has 0 amide bonds. The van der Waals surface area contributed by atoms with Gasteiger partial charge in [0.2, 0.25) is 0 Å². The summed E-state index contributed by atoms with van der Waals surface area (Å²) in [4.78, 5) is 6.50. The van der Waals surface area contributed by atoms with Gasteiger partial charge in [0, 0.05) is 24.6 Å². The van der Waals surface area contributed by atoms with Crippen LogP contribution < -0.4 is 5.73 Å². The maximum Gasteiger partial charge on any atom is 0.191 e. The molecular formula is C12H18IN3OS. The Morgan fingerprint density at radius 2 is 1.89 bits per heavy atom. The maximum absolute atomic E-state index is 9.17. The zero-order chi connectivity index (χ0) is 12.1. The molecule has 100 valence electrons. The summed E-state index contributed by atoms with van der Waals surface area (Å²) in [5.41, 5.74) is 7.00. The van der Waals surface area contributed by atoms with Crippen LogP contribution in [0.1, 0.15) is 5.56 Å². The van der Waals surface area contributed by atoms with Crippen LogP contribution in [-0.2, 0) is 6.54 Å². The van der Waals surface area contributed by atoms with Crippen LogP contribution in [-0.4, -0.2) is 40.6 Å². The summed E-state index contributed by atoms with van der Waals surface area (Å²) in [6, 6.07) is 7.05. The molecule has 4 nitrogen and oxygen atoms in total. The molecule has 2 rings (SSSR count). The molecule has 3 N–H and O–H groups in total. The van der Waals surface area contributed by atoms with Crippen LogP contribution in [0.15, 0.2) is 29.3 Å². The van der Waals surface area contributed by atoms with Crippen molar-refractivity contribution in [2.45, 2.75) is 6.54 Å². The molecule has 0 atom stereocenters. The fourth-order valence-corrected chi connectivity index (χ4v) is 2.57. The molecule has 0 bridgehead atoms. The summed E-state index contributed by atoms with van der Waals surface area (Å²) >= 11 is 1.95. The van der Waals surface area contributed by atoms with Gasteiger partial charge >= 0.3 is 0 Å². The fourth-order valence-electron chi connectivity index (χ4n) is 1.67. The topological polar surface area (TPSA) is 61.9 Å². The van der Waals surface area contributed by atoms with Crippen LogP contribution in [0.5, 0.6) is 5.75 Å². The lowest BCUT2D eigenvalue weighted by molar-refractivity contribution is 0.455. The van der Waals surface area contributed by atoms with Gasteiger partial charge in [-0.15, -0.1) is 24.0 Å². The van der Waals surface area contributed by atoms with E-state index in [-0.39, 0.29) is 29.7 Å². The van der Waals surface area contributed by atoms with Crippen molar-refractivity contribution in [3.63, 3.8) is 0 Å². The Hall–Kier alpha value is -0.630. The third kappa shape index (κ3) is 4.56. The van der Waals surface area contributed by atoms with Gasteiger partial charge in [-0.1, -0.05) is 12.1 Å². The molecule has 1 aliphatic rings. The first-order valence-electron chi connectivity index (χ1n) is 5.66. The highest BCUT2D eigenvalue weighted by Crippen LogP contribution is 2.11. The number of phenolic OH excluding ortho intramolecular Hbond substituents is 1. The Morgan fingerprint density at radius 3 is 2.50 bits per heavy atom. The molecule has 1 aliphatic heterocycles. The normalized spacial score (nSPS) is 16.2. The highest BCUT2D eigenvalue weighted by molar-refractivity contribution is 14.0. The predicted molar refractivity (Wildman–Crippen MR) is 87.7 cm³/mol. The summed E-state index contributed by atoms with van der Waals surface area (Å²) in [7, 11) is 0. The van der Waals surface area contributed by atoms with Crippen LogP contribution in [0.25, 0.3) is 0 Å². The highest BCUT2D eigenvalue weighted by Gasteiger charge is 2.11. The molecule has 0 spiro atoms. The minimum atomic E-state index is 0. The van der Waals surface area contributed by atoms with Crippen molar-refractivity contribution in [3.05, 3.63) is 29.8 Å². The highest BCUT2D eigenvalue weighted by atomic mass is 127. The van der Waals surface area contributed by atoms with Crippen molar-refractivity contribution in [1.82, 2.24) is 4.90 Å². The van der Waals surface area contributed by atoms with E-state index in [2.05, 4.69) is 9.89 Å². The van der Waals surface area contributed by atoms with E-state index in [1.807, 2.05) is 23.9 Å². The van der Waals surface area contributed by atoms with Gasteiger partial charge in [0.1, 0.15) is 5.75 Å². The van der Waals surface area contributed by atoms with E-state index in [1.165, 1.54) is 0 Å². The quantitative estimate of drug-likeness (QED) is 0.468. The summed E-state index contributed by atoms with van der Waals surface area (Å²) in [6.45, 7) is 2.53. The van der Waals surface area contributed by atoms with E-state index >= 15 is 0 Å². The minimum absolute atomic E-state index is 0. The molecule has 0 aromatic heterocycles. The van der Waals surface area contributed by atoms with Gasteiger partial charge in [0.15, 0.2) is 5.96 Å². The summed E-state index contributed by atoms with van der Waals surface area (Å²) < 4.78 is 0. The molecule has 1 aromatic rings. The molecule has 1 aromatic carbocycles. The molecule has 1 fully saturated rings. The predicted octanol–water partition coefficient (Wildman–Crippen LogP) is 1.87. The van der Waals surface area contributed by atoms with E-state index in [1.54, 1.807) is 12.1 Å². The Balaban J connectivity index is 0.00000162. The number of benzene rings is 1. The van der Waals surface area contributed by atoms with Crippen molar-refractivity contribution in [3.8, 4) is 5.75 Å². The largest absolute Gasteiger partial charge is 0.508 e. The summed E-state index contributed by atoms with van der Waals surface area (Å²) in [5, 5.41) is 9.17. The second kappa shape index (κ2) is 7.73. The van der Waals surface area contributed by atoms with E-state index in [4.69, 9.17) is 10.8 Å². The average molecular weight is 379 g/mol. The van der Waals surface area contributed by atoms with E-state index < -0.39 is 0 Å². The Labute approximate surface area is 129 Å². The third-order valence-electron chi connectivity index (χ3n) is 2.70. The molecule has 18 heavy (non-hydrogen) atoms. The van der Waals surface area contributed by atoms with E-state index in [0.717, 1.165) is 30.2 Å². The van der Waals surface area contributed by atoms with Crippen LogP contribution in [0, 0.1) is 0 Å². The second-order valence-corrected chi connectivity index (χ2v) is 5.17. The van der Waals surface area contributed by atoms with Crippen molar-refractivity contribution in [2.24, 2.45) is 10.7 Å². The fraction of sp³-hybridized carbons (Fsp3) is 0.417. The lowest BCUT2D eigenvalue weighted by atomic mass is 10.2. The molecule has 0 saturated carbocycles. The van der Waals surface area contributed by atoms with Gasteiger partial charge in [-0.25, -0.2) is 4.99 Å². The second-order valence-electron chi connectivity index (χ2n) is 3.94. The molecule has 0 aliphatic carbocycles. The smallest absolute Gasteiger partial charge is 0.191 e. The SMILES string of the molecule is I.NC(=NCc1ccc(O)cc1)N1CCSCC1. The summed E-state index contributed by atoms with van der Waals surface area (Å²) in [5.74, 6) is 3.14. The standard InChI is InChI=1S/C12H17N3OS.HI/c13-12(15-5-7-17-8-6-15)14-9-10-1-3-11(16)4-2-10;/h1-4,16H,5-9H2,(H2,13,14);1H. The average Bonchev–Trinajstić information content (AvgIpc) is 2.39. The van der Waals surface area contributed by atoms with Gasteiger partial charge in [0.25, 0.3) is 0 Å². The van der Waals surface area contributed by atoms with E-state index in [0.29, 0.717) is 12.5 Å². The van der Waals surface area contributed by atoms with Crippen LogP contribution >= 0.6 is 35.7 Å². The Bertz CT molecular complexity index is 391. The number of halogens is 1. The van der Waals surface area contributed by atoms with E-state index in [9.17, 15) is 0 Å². The van der Waals surface area contributed by atoms with Crippen molar-refractivity contribution < 1.29 is 5.11 Å². The number of hydrogen-bond donors (Lipinski definition) is 2. The van der Waals surface area contributed by atoms with Crippen molar-refractivity contribution >= 4 is 41.7 Å². The molecule has 0 radical (unpaired) electrons. The Morgan fingerprint density at radius 1 is 1.28 bits per heavy atom. The van der Waals surface area contributed by atoms with Gasteiger partial charge in [-0.05, 0) is 17.7 Å². The van der Waals surface area contributed by atoms with Crippen LogP contribution in [0.3, 0.4) is 0 Å². The first-order valence-corrected chi connectivity index (χ1v) is 6.82. The number of aromatic hydroxyl groups is 1. The molecule has 0 unspecified atom stereocenters. The van der Waals surface area contributed by atoms with Gasteiger partial charge in [0.05, 0.1) is 6.54 Å². The zero-order valence-corrected chi connectivity index (χ0v) is 13.2. The lowest BCUT2D eigenvalue weighted by Crippen LogP contribution is -2.42. The Kier molecular flexibility index (Phi) is 6.62. The van der Waals surface area contributed by atoms with Crippen LogP contribution in [0.4, 0.5) is 0 Å². The number of aliphatic imine (C=N–C) groups is 1. The summed E-state index contributed by atoms with van der Waals surface area (Å²) in [6.07, 6.45) is 0. The lowest BCUT2D eigenvalue weighted by Gasteiger charge is -2.27. The first-order chi connectivity index (χ1) is 8.25. The number of guanidine groups is 1. The number of rotatable bonds is 2. The first kappa shape index (κ1) is 15.4. The monoisotopic (exact) mass is 379 g/mol. The number of hydrogen-bond acceptors (Lipinski definition) is 3. The third-order valence-corrected chi connectivity index (χ3v) is 3.64. The number of thioether (sulfide) groups is 1. The minimum Gasteiger partial charge on any atom is -0.508 e. The molecular weight excluding hydrogens is 361 g/mol. The number of nitrogens with two attached hydrogens (primary N) is 1. The maximum atomic E-state index is 9.17. The van der Waals surface area contributed by atoms with Crippen molar-refractivity contribution in [2.75, 3.05) is 24.6 Å². The molecule has 1 saturated heterocycles. The van der Waals surface area contributed by atoms with Crippen LogP contribution in [0.2, 0.25) is 0 Å². The molecule has 6 heteroatoms. The molecule has 1 heterocycles. The number of nitrogens with zero attached hydrogens (tertiary/aromatic N) is 2.